The summed E-state index contributed by atoms with van der Waals surface area (Å²) >= 11 is 3.40. The van der Waals surface area contributed by atoms with E-state index in [2.05, 4.69) is 0 Å². The second-order valence-corrected chi connectivity index (χ2v) is 14.9. The summed E-state index contributed by atoms with van der Waals surface area (Å²) in [6.07, 6.45) is 7.09. The van der Waals surface area contributed by atoms with Crippen LogP contribution in [0.15, 0.2) is 15.8 Å². The predicted molar refractivity (Wildman–Crippen MR) is 160 cm³/mol. The van der Waals surface area contributed by atoms with E-state index in [0.717, 1.165) is 73.3 Å². The van der Waals surface area contributed by atoms with Crippen LogP contribution in [0.2, 0.25) is 0 Å². The lowest BCUT2D eigenvalue weighted by Gasteiger charge is -2.42. The minimum absolute atomic E-state index is 0.00591. The molecule has 0 radical (unpaired) electrons. The fraction of sp³-hybridized carbons (Fsp3) is 0.767. The molecule has 4 rings (SSSR count). The molecule has 0 bridgehead atoms. The van der Waals surface area contributed by atoms with E-state index < -0.39 is 11.1 Å². The first-order valence-corrected chi connectivity index (χ1v) is 16.8. The number of aromatic hydroxyl groups is 1. The summed E-state index contributed by atoms with van der Waals surface area (Å²) in [6, 6.07) is 1.67. The number of fused-ring (bicyclic) bond motifs is 2. The van der Waals surface area contributed by atoms with Crippen molar-refractivity contribution in [3.63, 3.8) is 0 Å². The first-order valence-electron chi connectivity index (χ1n) is 14.8. The number of carbonyl (C=O) groups is 2. The van der Waals surface area contributed by atoms with Crippen LogP contribution in [0.25, 0.3) is 0 Å². The van der Waals surface area contributed by atoms with Crippen molar-refractivity contribution in [1.29, 1.82) is 0 Å². The zero-order valence-corrected chi connectivity index (χ0v) is 26.2. The van der Waals surface area contributed by atoms with Crippen molar-refractivity contribution in [2.75, 3.05) is 37.9 Å². The molecule has 10 heteroatoms. The number of pyridine rings is 1. The number of carbonyl (C=O) groups excluding carboxylic acids is 2. The van der Waals surface area contributed by atoms with Gasteiger partial charge in [-0.25, -0.2) is 0 Å². The van der Waals surface area contributed by atoms with Crippen LogP contribution in [0.4, 0.5) is 0 Å². The molecule has 0 spiro atoms. The van der Waals surface area contributed by atoms with Gasteiger partial charge < -0.3 is 14.6 Å². The van der Waals surface area contributed by atoms with Gasteiger partial charge in [0, 0.05) is 71.5 Å². The van der Waals surface area contributed by atoms with Crippen molar-refractivity contribution < 1.29 is 24.2 Å². The van der Waals surface area contributed by atoms with E-state index in [4.69, 9.17) is 9.47 Å². The minimum Gasteiger partial charge on any atom is -0.494 e. The molecule has 2 saturated heterocycles. The molecule has 3 aliphatic heterocycles. The highest BCUT2D eigenvalue weighted by molar-refractivity contribution is 8.00. The monoisotopic (exact) mass is 594 g/mol. The van der Waals surface area contributed by atoms with Crippen LogP contribution in [0.5, 0.6) is 5.88 Å². The maximum absolute atomic E-state index is 13.0. The third-order valence-corrected chi connectivity index (χ3v) is 10.9. The fourth-order valence-electron chi connectivity index (χ4n) is 6.20. The Morgan fingerprint density at radius 3 is 2.35 bits per heavy atom. The van der Waals surface area contributed by atoms with Gasteiger partial charge in [0.1, 0.15) is 0 Å². The van der Waals surface area contributed by atoms with Crippen LogP contribution in [0.3, 0.4) is 0 Å². The van der Waals surface area contributed by atoms with Gasteiger partial charge in [-0.05, 0) is 84.8 Å². The van der Waals surface area contributed by atoms with Gasteiger partial charge in [-0.2, -0.15) is 11.8 Å². The van der Waals surface area contributed by atoms with Gasteiger partial charge in [-0.1, -0.05) is 0 Å². The number of amides is 2. The van der Waals surface area contributed by atoms with Crippen LogP contribution in [-0.4, -0.2) is 75.1 Å². The second-order valence-electron chi connectivity index (χ2n) is 12.4. The van der Waals surface area contributed by atoms with Gasteiger partial charge in [-0.15, -0.1) is 11.8 Å². The standard InChI is InChI=1S/C30H46N2O6S2/c1-29(2,31-25(33)19-23-21(27(31)35)9-17-39-23)11-5-6-13-37-15-8-16-38-14-7-12-30(3,4)32-26(34)20-24-22(28(32)36)10-18-40-24/h19,22,24,35H,5-18,20H2,1-4H3. The van der Waals surface area contributed by atoms with Crippen molar-refractivity contribution in [3.05, 3.63) is 22.0 Å². The molecule has 1 N–H and O–H groups in total. The van der Waals surface area contributed by atoms with Gasteiger partial charge in [0.2, 0.25) is 11.8 Å². The maximum atomic E-state index is 13.0. The smallest absolute Gasteiger partial charge is 0.254 e. The quantitative estimate of drug-likeness (QED) is 0.225. The molecule has 2 unspecified atom stereocenters. The van der Waals surface area contributed by atoms with Gasteiger partial charge in [0.25, 0.3) is 5.56 Å². The summed E-state index contributed by atoms with van der Waals surface area (Å²) in [5, 5.41) is 10.9. The Labute approximate surface area is 246 Å². The Bertz CT molecular complexity index is 1120. The van der Waals surface area contributed by atoms with Gasteiger partial charge in [-0.3, -0.25) is 23.9 Å². The lowest BCUT2D eigenvalue weighted by Crippen LogP contribution is -2.58. The third-order valence-electron chi connectivity index (χ3n) is 8.43. The van der Waals surface area contributed by atoms with Gasteiger partial charge >= 0.3 is 0 Å². The predicted octanol–water partition coefficient (Wildman–Crippen LogP) is 4.97. The van der Waals surface area contributed by atoms with Crippen molar-refractivity contribution in [2.45, 2.75) is 107 Å². The number of imide groups is 1. The number of piperidine rings is 1. The highest BCUT2D eigenvalue weighted by Gasteiger charge is 2.48. The van der Waals surface area contributed by atoms with E-state index in [1.165, 1.54) is 0 Å². The Hall–Kier alpha value is -1.49. The van der Waals surface area contributed by atoms with E-state index in [0.29, 0.717) is 32.8 Å². The SMILES string of the molecule is CC(C)(CCCOCCCOCCCCC(C)(C)n1c(O)c2c(cc1=O)SCC2)N1C(=O)CC2SCCC2C1=O. The molecule has 40 heavy (non-hydrogen) atoms. The number of likely N-dealkylation sites (tertiary alicyclic amines) is 1. The van der Waals surface area contributed by atoms with Crippen LogP contribution < -0.4 is 5.56 Å². The van der Waals surface area contributed by atoms with E-state index in [1.54, 1.807) is 39.1 Å². The molecule has 1 aromatic rings. The van der Waals surface area contributed by atoms with E-state index in [1.807, 2.05) is 27.7 Å². The maximum Gasteiger partial charge on any atom is 0.254 e. The summed E-state index contributed by atoms with van der Waals surface area (Å²) in [5.41, 5.74) is -0.177. The van der Waals surface area contributed by atoms with Gasteiger partial charge in [0.05, 0.1) is 5.92 Å². The zero-order valence-electron chi connectivity index (χ0n) is 24.5. The lowest BCUT2D eigenvalue weighted by molar-refractivity contribution is -0.158. The Balaban J connectivity index is 1.05. The summed E-state index contributed by atoms with van der Waals surface area (Å²) in [4.78, 5) is 40.8. The normalized spacial score (nSPS) is 21.2. The summed E-state index contributed by atoms with van der Waals surface area (Å²) in [5.74, 6) is 2.02. The minimum atomic E-state index is -0.487. The number of hydrogen-bond acceptors (Lipinski definition) is 8. The molecule has 4 heterocycles. The third kappa shape index (κ3) is 7.28. The molecule has 224 valence electrons. The van der Waals surface area contributed by atoms with E-state index in [9.17, 15) is 19.5 Å². The number of thioether (sulfide) groups is 2. The molecule has 2 amide bonds. The lowest BCUT2D eigenvalue weighted by atomic mass is 9.87. The fourth-order valence-corrected chi connectivity index (χ4v) is 8.72. The Morgan fingerprint density at radius 2 is 1.60 bits per heavy atom. The van der Waals surface area contributed by atoms with Gasteiger partial charge in [0.15, 0.2) is 5.88 Å². The summed E-state index contributed by atoms with van der Waals surface area (Å²) < 4.78 is 13.1. The number of ether oxygens (including phenoxy) is 2. The number of rotatable bonds is 15. The second kappa shape index (κ2) is 13.7. The average Bonchev–Trinajstić information content (AvgIpc) is 3.54. The highest BCUT2D eigenvalue weighted by Crippen LogP contribution is 2.42. The van der Waals surface area contributed by atoms with E-state index in [-0.39, 0.29) is 34.4 Å². The summed E-state index contributed by atoms with van der Waals surface area (Å²) in [6.45, 7) is 10.5. The molecule has 8 nitrogen and oxygen atoms in total. The zero-order chi connectivity index (χ0) is 28.9. The number of aromatic nitrogens is 1. The van der Waals surface area contributed by atoms with E-state index >= 15 is 0 Å². The topological polar surface area (TPSA) is 98.1 Å². The molecule has 0 saturated carbocycles. The number of nitrogens with zero attached hydrogens (tertiary/aromatic N) is 2. The first kappa shape index (κ1) is 31.4. The molecular weight excluding hydrogens is 548 g/mol. The van der Waals surface area contributed by atoms with Crippen molar-refractivity contribution in [3.8, 4) is 5.88 Å². The first-order chi connectivity index (χ1) is 19.0. The molecule has 0 aromatic carbocycles. The van der Waals surface area contributed by atoms with Crippen LogP contribution in [0, 0.1) is 5.92 Å². The van der Waals surface area contributed by atoms with Crippen LogP contribution in [-0.2, 0) is 31.0 Å². The largest absolute Gasteiger partial charge is 0.494 e. The van der Waals surface area contributed by atoms with Crippen molar-refractivity contribution in [2.24, 2.45) is 5.92 Å². The van der Waals surface area contributed by atoms with Crippen molar-refractivity contribution in [1.82, 2.24) is 9.47 Å². The Kier molecular flexibility index (Phi) is 10.7. The highest BCUT2D eigenvalue weighted by atomic mass is 32.2. The van der Waals surface area contributed by atoms with Crippen LogP contribution in [0.1, 0.15) is 84.6 Å². The molecular formula is C30H46N2O6S2. The van der Waals surface area contributed by atoms with Crippen molar-refractivity contribution >= 4 is 35.3 Å². The molecule has 3 aliphatic rings. The molecule has 0 aliphatic carbocycles. The summed E-state index contributed by atoms with van der Waals surface area (Å²) in [7, 11) is 0. The molecule has 2 atom stereocenters. The Morgan fingerprint density at radius 1 is 0.925 bits per heavy atom. The number of unbranched alkanes of at least 4 members (excludes halogenated alkanes) is 1. The number of hydrogen-bond donors (Lipinski definition) is 1. The molecule has 2 fully saturated rings. The average molecular weight is 595 g/mol. The molecule has 1 aromatic heterocycles. The van der Waals surface area contributed by atoms with Crippen LogP contribution >= 0.6 is 23.5 Å².